The van der Waals surface area contributed by atoms with Gasteiger partial charge in [-0.1, -0.05) is 6.07 Å². The largest absolute Gasteiger partial charge is 0.393 e. The Morgan fingerprint density at radius 2 is 1.86 bits per heavy atom. The van der Waals surface area contributed by atoms with Crippen molar-refractivity contribution in [3.05, 3.63) is 29.3 Å². The number of likely N-dealkylation sites (tertiary alicyclic amines) is 1. The number of sulfonamides is 1. The van der Waals surface area contributed by atoms with Gasteiger partial charge < -0.3 is 9.64 Å². The zero-order valence-corrected chi connectivity index (χ0v) is 16.4. The van der Waals surface area contributed by atoms with E-state index in [1.807, 2.05) is 0 Å². The van der Waals surface area contributed by atoms with Crippen LogP contribution in [0.4, 0.5) is 13.2 Å². The molecule has 2 aliphatic rings. The lowest BCUT2D eigenvalue weighted by atomic mass is 9.97. The highest BCUT2D eigenvalue weighted by molar-refractivity contribution is 7.89. The molecular weight excluding hydrogens is 397 g/mol. The van der Waals surface area contributed by atoms with Crippen LogP contribution in [0.25, 0.3) is 0 Å². The lowest BCUT2D eigenvalue weighted by molar-refractivity contribution is -0.184. The third-order valence-corrected chi connectivity index (χ3v) is 7.24. The number of carbonyl (C=O) groups is 1. The monoisotopic (exact) mass is 420 g/mol. The lowest BCUT2D eigenvalue weighted by Crippen LogP contribution is -2.44. The van der Waals surface area contributed by atoms with E-state index < -0.39 is 34.6 Å². The minimum atomic E-state index is -4.35. The summed E-state index contributed by atoms with van der Waals surface area (Å²) in [6.45, 7) is 2.49. The molecule has 0 N–H and O–H groups in total. The quantitative estimate of drug-likeness (QED) is 0.753. The molecule has 3 rings (SSSR count). The van der Waals surface area contributed by atoms with Crippen LogP contribution in [0.1, 0.15) is 28.8 Å². The average molecular weight is 420 g/mol. The highest BCUT2D eigenvalue weighted by atomic mass is 32.2. The molecule has 0 radical (unpaired) electrons. The molecule has 1 aromatic rings. The van der Waals surface area contributed by atoms with Gasteiger partial charge in [0, 0.05) is 31.7 Å². The van der Waals surface area contributed by atoms with E-state index in [1.54, 1.807) is 6.92 Å². The molecule has 156 valence electrons. The first-order valence-corrected chi connectivity index (χ1v) is 10.6. The molecule has 2 saturated heterocycles. The Morgan fingerprint density at radius 3 is 2.50 bits per heavy atom. The van der Waals surface area contributed by atoms with Crippen molar-refractivity contribution < 1.29 is 31.1 Å². The Bertz CT molecular complexity index is 836. The van der Waals surface area contributed by atoms with E-state index in [4.69, 9.17) is 4.74 Å². The summed E-state index contributed by atoms with van der Waals surface area (Å²) in [7, 11) is -3.81. The molecule has 1 atom stereocenters. The van der Waals surface area contributed by atoms with Gasteiger partial charge in [-0.2, -0.15) is 17.5 Å². The highest BCUT2D eigenvalue weighted by Crippen LogP contribution is 2.33. The van der Waals surface area contributed by atoms with Crippen molar-refractivity contribution in [1.82, 2.24) is 9.21 Å². The smallest absolute Gasteiger partial charge is 0.379 e. The van der Waals surface area contributed by atoms with E-state index in [-0.39, 0.29) is 42.9 Å². The first kappa shape index (κ1) is 21.1. The molecule has 0 aromatic heterocycles. The van der Waals surface area contributed by atoms with Gasteiger partial charge in [-0.25, -0.2) is 8.42 Å². The van der Waals surface area contributed by atoms with Gasteiger partial charge in [-0.3, -0.25) is 4.79 Å². The molecule has 28 heavy (non-hydrogen) atoms. The van der Waals surface area contributed by atoms with Gasteiger partial charge in [-0.15, -0.1) is 0 Å². The molecule has 0 aliphatic carbocycles. The number of carbonyl (C=O) groups excluding carboxylic acids is 1. The fourth-order valence-electron chi connectivity index (χ4n) is 3.55. The topological polar surface area (TPSA) is 66.9 Å². The number of morpholine rings is 1. The van der Waals surface area contributed by atoms with Gasteiger partial charge in [0.1, 0.15) is 0 Å². The number of amides is 1. The molecule has 2 fully saturated rings. The van der Waals surface area contributed by atoms with Crippen molar-refractivity contribution in [1.29, 1.82) is 0 Å². The molecule has 2 aliphatic heterocycles. The van der Waals surface area contributed by atoms with Gasteiger partial charge >= 0.3 is 6.18 Å². The highest BCUT2D eigenvalue weighted by Gasteiger charge is 2.43. The maximum absolute atomic E-state index is 13.0. The number of rotatable bonds is 3. The summed E-state index contributed by atoms with van der Waals surface area (Å²) in [5.41, 5.74) is 0.565. The van der Waals surface area contributed by atoms with Crippen LogP contribution in [0.5, 0.6) is 0 Å². The second kappa shape index (κ2) is 8.00. The molecule has 1 amide bonds. The summed E-state index contributed by atoms with van der Waals surface area (Å²) < 4.78 is 71.4. The second-order valence-corrected chi connectivity index (χ2v) is 9.04. The van der Waals surface area contributed by atoms with Crippen LogP contribution in [-0.2, 0) is 14.8 Å². The minimum absolute atomic E-state index is 0.00214. The second-order valence-electron chi connectivity index (χ2n) is 7.13. The molecular formula is C18H23F3N2O4S. The Balaban J connectivity index is 1.85. The van der Waals surface area contributed by atoms with Gasteiger partial charge in [0.25, 0.3) is 5.91 Å². The number of halogens is 3. The molecule has 0 bridgehead atoms. The van der Waals surface area contributed by atoms with Crippen LogP contribution in [0.15, 0.2) is 23.1 Å². The van der Waals surface area contributed by atoms with Gasteiger partial charge in [-0.05, 0) is 37.5 Å². The van der Waals surface area contributed by atoms with Crippen LogP contribution in [0, 0.1) is 12.8 Å². The fraction of sp³-hybridized carbons (Fsp3) is 0.611. The van der Waals surface area contributed by atoms with Crippen molar-refractivity contribution in [2.24, 2.45) is 5.92 Å². The number of aryl methyl sites for hydroxylation is 1. The number of hydrogen-bond acceptors (Lipinski definition) is 4. The van der Waals surface area contributed by atoms with Crippen molar-refractivity contribution in [3.63, 3.8) is 0 Å². The number of hydrogen-bond donors (Lipinski definition) is 0. The van der Waals surface area contributed by atoms with E-state index in [9.17, 15) is 26.4 Å². The first-order valence-electron chi connectivity index (χ1n) is 9.15. The average Bonchev–Trinajstić information content (AvgIpc) is 2.68. The molecule has 0 saturated carbocycles. The number of alkyl halides is 3. The van der Waals surface area contributed by atoms with E-state index in [0.717, 1.165) is 4.90 Å². The summed E-state index contributed by atoms with van der Waals surface area (Å²) in [5, 5.41) is 0. The molecule has 1 aromatic carbocycles. The van der Waals surface area contributed by atoms with Crippen LogP contribution >= 0.6 is 0 Å². The summed E-state index contributed by atoms with van der Waals surface area (Å²) >= 11 is 0. The zero-order valence-electron chi connectivity index (χ0n) is 15.5. The van der Waals surface area contributed by atoms with Crippen molar-refractivity contribution in [2.75, 3.05) is 39.4 Å². The van der Waals surface area contributed by atoms with Crippen LogP contribution in [0.2, 0.25) is 0 Å². The third kappa shape index (κ3) is 4.33. The standard InChI is InChI=1S/C18H23F3N2O4S/c1-13-4-5-14(11-16(13)28(25,26)23-7-9-27-10-8-23)17(24)22-6-2-3-15(12-22)18(19,20)21/h4-5,11,15H,2-3,6-10,12H2,1H3/t15-/m0/s1. The van der Waals surface area contributed by atoms with Gasteiger partial charge in [0.2, 0.25) is 10.0 Å². The first-order chi connectivity index (χ1) is 13.1. The molecule has 0 spiro atoms. The fourth-order valence-corrected chi connectivity index (χ4v) is 5.21. The molecule has 10 heteroatoms. The van der Waals surface area contributed by atoms with Crippen molar-refractivity contribution >= 4 is 15.9 Å². The van der Waals surface area contributed by atoms with Crippen LogP contribution < -0.4 is 0 Å². The Morgan fingerprint density at radius 1 is 1.18 bits per heavy atom. The summed E-state index contributed by atoms with van der Waals surface area (Å²) in [6.07, 6.45) is -4.09. The van der Waals surface area contributed by atoms with E-state index in [0.29, 0.717) is 18.8 Å². The summed E-state index contributed by atoms with van der Waals surface area (Å²) in [6, 6.07) is 4.26. The molecule has 2 heterocycles. The van der Waals surface area contributed by atoms with E-state index >= 15 is 0 Å². The SMILES string of the molecule is Cc1ccc(C(=O)N2CCC[C@H](C(F)(F)F)C2)cc1S(=O)(=O)N1CCOCC1. The van der Waals surface area contributed by atoms with Crippen LogP contribution in [0.3, 0.4) is 0 Å². The maximum Gasteiger partial charge on any atom is 0.393 e. The number of nitrogens with zero attached hydrogens (tertiary/aromatic N) is 2. The predicted octanol–water partition coefficient (Wildman–Crippen LogP) is 2.43. The summed E-state index contributed by atoms with van der Waals surface area (Å²) in [4.78, 5) is 13.9. The Hall–Kier alpha value is -1.65. The van der Waals surface area contributed by atoms with E-state index in [1.165, 1.54) is 22.5 Å². The van der Waals surface area contributed by atoms with Crippen LogP contribution in [-0.4, -0.2) is 69.1 Å². The normalized spacial score (nSPS) is 22.3. The van der Waals surface area contributed by atoms with Gasteiger partial charge in [0.05, 0.1) is 24.0 Å². The van der Waals surface area contributed by atoms with Crippen molar-refractivity contribution in [2.45, 2.75) is 30.8 Å². The van der Waals surface area contributed by atoms with E-state index in [2.05, 4.69) is 0 Å². The Kier molecular flexibility index (Phi) is 6.02. The predicted molar refractivity (Wildman–Crippen MR) is 95.4 cm³/mol. The molecule has 6 nitrogen and oxygen atoms in total. The minimum Gasteiger partial charge on any atom is -0.379 e. The molecule has 0 unspecified atom stereocenters. The van der Waals surface area contributed by atoms with Crippen molar-refractivity contribution in [3.8, 4) is 0 Å². The maximum atomic E-state index is 13.0. The van der Waals surface area contributed by atoms with Gasteiger partial charge in [0.15, 0.2) is 0 Å². The lowest BCUT2D eigenvalue weighted by Gasteiger charge is -2.34. The number of piperidine rings is 1. The summed E-state index contributed by atoms with van der Waals surface area (Å²) in [5.74, 6) is -2.13. The number of benzene rings is 1. The number of ether oxygens (including phenoxy) is 1. The Labute approximate surface area is 162 Å². The zero-order chi connectivity index (χ0) is 20.5. The third-order valence-electron chi connectivity index (χ3n) is 5.19.